The minimum Gasteiger partial charge on any atom is -0.497 e. The number of carbonyl (C=O) groups is 1. The number of carboxylic acids is 1. The normalized spacial score (nSPS) is 12.7. The summed E-state index contributed by atoms with van der Waals surface area (Å²) in [6.07, 6.45) is 11.4. The monoisotopic (exact) mass is 398 g/mol. The molecule has 0 saturated heterocycles. The number of methoxy groups -OCH3 is 1. The number of benzene rings is 1. The molecule has 1 unspecified atom stereocenters. The van der Waals surface area contributed by atoms with Crippen molar-refractivity contribution in [1.82, 2.24) is 0 Å². The molecule has 1 atom stereocenters. The quantitative estimate of drug-likeness (QED) is 0.409. The second kappa shape index (κ2) is 12.8. The molecule has 0 spiro atoms. The second-order valence-electron chi connectivity index (χ2n) is 7.02. The fourth-order valence-electron chi connectivity index (χ4n) is 3.16. The first kappa shape index (κ1) is 23.5. The van der Waals surface area contributed by atoms with Crippen LogP contribution in [0.5, 0.6) is 5.75 Å². The predicted molar refractivity (Wildman–Crippen MR) is 108 cm³/mol. The average Bonchev–Trinajstić information content (AvgIpc) is 2.65. The molecule has 154 valence electrons. The predicted octanol–water partition coefficient (Wildman–Crippen LogP) is 5.23. The van der Waals surface area contributed by atoms with E-state index in [9.17, 15) is 18.3 Å². The van der Waals surface area contributed by atoms with Gasteiger partial charge in [-0.3, -0.25) is 4.79 Å². The summed E-state index contributed by atoms with van der Waals surface area (Å²) in [6, 6.07) is 5.88. The molecule has 1 aromatic carbocycles. The van der Waals surface area contributed by atoms with E-state index in [1.165, 1.54) is 69.9 Å². The van der Waals surface area contributed by atoms with Gasteiger partial charge in [0.15, 0.2) is 15.1 Å². The molecule has 0 aliphatic rings. The molecule has 0 aliphatic carbocycles. The van der Waals surface area contributed by atoms with Gasteiger partial charge in [0.05, 0.1) is 12.0 Å². The summed E-state index contributed by atoms with van der Waals surface area (Å²) in [5, 5.41) is 8.02. The topological polar surface area (TPSA) is 80.7 Å². The van der Waals surface area contributed by atoms with Crippen molar-refractivity contribution in [2.24, 2.45) is 0 Å². The third-order valence-electron chi connectivity index (χ3n) is 4.86. The van der Waals surface area contributed by atoms with Gasteiger partial charge >= 0.3 is 5.97 Å². The molecule has 0 radical (unpaired) electrons. The van der Waals surface area contributed by atoms with Gasteiger partial charge in [-0.25, -0.2) is 8.42 Å². The number of hydrogen-bond acceptors (Lipinski definition) is 4. The highest BCUT2D eigenvalue weighted by molar-refractivity contribution is 7.92. The Morgan fingerprint density at radius 1 is 0.926 bits per heavy atom. The molecule has 0 saturated carbocycles. The molecule has 0 amide bonds. The van der Waals surface area contributed by atoms with Crippen LogP contribution < -0.4 is 4.74 Å². The first-order chi connectivity index (χ1) is 12.9. The lowest BCUT2D eigenvalue weighted by Gasteiger charge is -2.14. The van der Waals surface area contributed by atoms with Crippen molar-refractivity contribution in [1.29, 1.82) is 0 Å². The zero-order chi connectivity index (χ0) is 20.1. The van der Waals surface area contributed by atoms with Crippen LogP contribution in [0.25, 0.3) is 0 Å². The Labute approximate surface area is 164 Å². The summed E-state index contributed by atoms with van der Waals surface area (Å²) in [4.78, 5) is 11.6. The molecule has 5 nitrogen and oxygen atoms in total. The largest absolute Gasteiger partial charge is 0.497 e. The summed E-state index contributed by atoms with van der Waals surface area (Å²) in [5.74, 6) is -0.739. The maximum Gasteiger partial charge on any atom is 0.322 e. The highest BCUT2D eigenvalue weighted by Gasteiger charge is 2.33. The standard InChI is InChI=1S/C21H34O5S/c1-3-4-5-6-7-8-9-10-11-12-13-20(21(22)23)27(24,25)19-16-14-18(26-2)15-17-19/h14-17,20H,3-13H2,1-2H3,(H,22,23). The third-order valence-corrected chi connectivity index (χ3v) is 6.97. The van der Waals surface area contributed by atoms with Crippen molar-refractivity contribution in [2.75, 3.05) is 7.11 Å². The van der Waals surface area contributed by atoms with Crippen LogP contribution in [-0.4, -0.2) is 31.9 Å². The second-order valence-corrected chi connectivity index (χ2v) is 9.15. The van der Waals surface area contributed by atoms with E-state index in [0.29, 0.717) is 12.2 Å². The van der Waals surface area contributed by atoms with Gasteiger partial charge in [-0.2, -0.15) is 0 Å². The Balaban J connectivity index is 2.41. The van der Waals surface area contributed by atoms with Gasteiger partial charge in [0.2, 0.25) is 0 Å². The number of carboxylic acid groups (broad SMARTS) is 1. The molecule has 0 heterocycles. The average molecular weight is 399 g/mol. The van der Waals surface area contributed by atoms with Gasteiger partial charge < -0.3 is 9.84 Å². The first-order valence-electron chi connectivity index (χ1n) is 10.0. The van der Waals surface area contributed by atoms with Crippen molar-refractivity contribution in [2.45, 2.75) is 87.7 Å². The van der Waals surface area contributed by atoms with Crippen LogP contribution >= 0.6 is 0 Å². The third kappa shape index (κ3) is 8.33. The molecule has 0 aromatic heterocycles. The van der Waals surface area contributed by atoms with Crippen molar-refractivity contribution >= 4 is 15.8 Å². The van der Waals surface area contributed by atoms with Crippen LogP contribution in [0.2, 0.25) is 0 Å². The van der Waals surface area contributed by atoms with Crippen LogP contribution in [0, 0.1) is 0 Å². The summed E-state index contributed by atoms with van der Waals surface area (Å²) in [6.45, 7) is 2.21. The van der Waals surface area contributed by atoms with Crippen LogP contribution in [0.1, 0.15) is 77.6 Å². The van der Waals surface area contributed by atoms with E-state index in [1.807, 2.05) is 0 Å². The van der Waals surface area contributed by atoms with Crippen LogP contribution in [0.15, 0.2) is 29.2 Å². The minimum atomic E-state index is -3.89. The SMILES string of the molecule is CCCCCCCCCCCCC(C(=O)O)S(=O)(=O)c1ccc(OC)cc1. The van der Waals surface area contributed by atoms with Gasteiger partial charge in [-0.05, 0) is 30.7 Å². The Bertz CT molecular complexity index is 637. The lowest BCUT2D eigenvalue weighted by Crippen LogP contribution is -2.30. The van der Waals surface area contributed by atoms with Gasteiger partial charge in [-0.1, -0.05) is 71.1 Å². The minimum absolute atomic E-state index is 0.0304. The molecule has 27 heavy (non-hydrogen) atoms. The van der Waals surface area contributed by atoms with E-state index in [-0.39, 0.29) is 11.3 Å². The van der Waals surface area contributed by atoms with Gasteiger partial charge in [0.1, 0.15) is 5.75 Å². The number of aliphatic carboxylic acids is 1. The van der Waals surface area contributed by atoms with E-state index in [4.69, 9.17) is 4.74 Å². The maximum atomic E-state index is 12.6. The van der Waals surface area contributed by atoms with E-state index in [0.717, 1.165) is 19.3 Å². The Kier molecular flexibility index (Phi) is 11.1. The number of rotatable bonds is 15. The summed E-state index contributed by atoms with van der Waals surface area (Å²) >= 11 is 0. The first-order valence-corrected chi connectivity index (χ1v) is 11.6. The number of unbranched alkanes of at least 4 members (excludes halogenated alkanes) is 9. The van der Waals surface area contributed by atoms with Gasteiger partial charge in [0.25, 0.3) is 0 Å². The Morgan fingerprint density at radius 2 is 1.41 bits per heavy atom. The Hall–Kier alpha value is -1.56. The van der Waals surface area contributed by atoms with E-state index in [2.05, 4.69) is 6.92 Å². The van der Waals surface area contributed by atoms with Crippen molar-refractivity contribution in [3.63, 3.8) is 0 Å². The van der Waals surface area contributed by atoms with Gasteiger partial charge in [0, 0.05) is 0 Å². The highest BCUT2D eigenvalue weighted by atomic mass is 32.2. The van der Waals surface area contributed by atoms with E-state index >= 15 is 0 Å². The zero-order valence-electron chi connectivity index (χ0n) is 16.7. The highest BCUT2D eigenvalue weighted by Crippen LogP contribution is 2.23. The summed E-state index contributed by atoms with van der Waals surface area (Å²) in [5.41, 5.74) is 0. The molecule has 0 aliphatic heterocycles. The van der Waals surface area contributed by atoms with Crippen LogP contribution in [0.3, 0.4) is 0 Å². The Morgan fingerprint density at radius 3 is 1.85 bits per heavy atom. The molecular formula is C21H34O5S. The molecule has 1 rings (SSSR count). The zero-order valence-corrected chi connectivity index (χ0v) is 17.5. The fraction of sp³-hybridized carbons (Fsp3) is 0.667. The molecule has 1 aromatic rings. The van der Waals surface area contributed by atoms with Crippen molar-refractivity contribution < 1.29 is 23.1 Å². The maximum absolute atomic E-state index is 12.6. The lowest BCUT2D eigenvalue weighted by atomic mass is 10.1. The van der Waals surface area contributed by atoms with Crippen molar-refractivity contribution in [3.8, 4) is 5.75 Å². The van der Waals surface area contributed by atoms with E-state index < -0.39 is 21.1 Å². The lowest BCUT2D eigenvalue weighted by molar-refractivity contribution is -0.136. The number of hydrogen-bond donors (Lipinski definition) is 1. The molecule has 6 heteroatoms. The van der Waals surface area contributed by atoms with Gasteiger partial charge in [-0.15, -0.1) is 0 Å². The number of sulfone groups is 1. The van der Waals surface area contributed by atoms with Crippen LogP contribution in [0.4, 0.5) is 0 Å². The van der Waals surface area contributed by atoms with E-state index in [1.54, 1.807) is 0 Å². The number of ether oxygens (including phenoxy) is 1. The molecule has 0 fully saturated rings. The fourth-order valence-corrected chi connectivity index (χ4v) is 4.74. The van der Waals surface area contributed by atoms with Crippen LogP contribution in [-0.2, 0) is 14.6 Å². The van der Waals surface area contributed by atoms with Crippen molar-refractivity contribution in [3.05, 3.63) is 24.3 Å². The smallest absolute Gasteiger partial charge is 0.322 e. The summed E-state index contributed by atoms with van der Waals surface area (Å²) in [7, 11) is -2.40. The molecule has 0 bridgehead atoms. The summed E-state index contributed by atoms with van der Waals surface area (Å²) < 4.78 is 30.3. The molecular weight excluding hydrogens is 364 g/mol. The molecule has 1 N–H and O–H groups in total.